The fourth-order valence-electron chi connectivity index (χ4n) is 7.88. The molecule has 250 valence electrons. The predicted molar refractivity (Wildman–Crippen MR) is 224 cm³/mol. The maximum absolute atomic E-state index is 5.16. The maximum atomic E-state index is 5.16. The van der Waals surface area contributed by atoms with E-state index in [0.29, 0.717) is 0 Å². The molecule has 0 aliphatic rings. The monoisotopic (exact) mass is 686 g/mol. The second-order valence-corrected chi connectivity index (χ2v) is 13.9. The predicted octanol–water partition coefficient (Wildman–Crippen LogP) is 12.9. The van der Waals surface area contributed by atoms with Gasteiger partial charge in [0.1, 0.15) is 0 Å². The molecular weight excluding hydrogens is 657 g/mol. The third-order valence-corrected chi connectivity index (χ3v) is 10.7. The molecule has 0 amide bonds. The molecule has 0 aliphatic heterocycles. The zero-order valence-electron chi connectivity index (χ0n) is 29.1. The molecule has 0 unspecified atom stereocenters. The van der Waals surface area contributed by atoms with Crippen LogP contribution < -0.4 is 0 Å². The average Bonchev–Trinajstić information content (AvgIpc) is 3.25. The van der Waals surface area contributed by atoms with Crippen LogP contribution in [0.1, 0.15) is 0 Å². The second kappa shape index (κ2) is 12.1. The molecule has 54 heavy (non-hydrogen) atoms. The van der Waals surface area contributed by atoms with Crippen LogP contribution in [0.15, 0.2) is 182 Å². The van der Waals surface area contributed by atoms with Crippen molar-refractivity contribution >= 4 is 65.2 Å². The molecule has 4 nitrogen and oxygen atoms in total. The van der Waals surface area contributed by atoms with Crippen LogP contribution in [0.25, 0.3) is 110 Å². The summed E-state index contributed by atoms with van der Waals surface area (Å²) in [4.78, 5) is 19.8. The van der Waals surface area contributed by atoms with E-state index in [1.54, 1.807) is 0 Å². The van der Waals surface area contributed by atoms with Gasteiger partial charge in [0.25, 0.3) is 0 Å². The van der Waals surface area contributed by atoms with Crippen molar-refractivity contribution in [1.82, 2.24) is 19.9 Å². The SMILES string of the molecule is c1ccc2c(c1)cc(-c1ccc3cc(-c4ccc5nc(-c6ccc(-c7ccc8ccc9cccnc9c8n7)cc6)ccc5c4)ccc3n1)c1ccccc12. The molecule has 0 saturated heterocycles. The standard InChI is InChI=1S/C50H30N4/c1-2-8-40-37(6-1)30-43(42-10-4-3-9-41(40)42)48-26-21-39-29-36(19-24-47(39)53-48)35-18-23-46-38(28-35)20-25-44(52-46)31-11-13-32(14-12-31)45-22-17-34-16-15-33-7-5-27-51-49(33)50(34)54-45/h1-30H. The summed E-state index contributed by atoms with van der Waals surface area (Å²) < 4.78 is 0. The van der Waals surface area contributed by atoms with Gasteiger partial charge in [-0.3, -0.25) is 4.98 Å². The van der Waals surface area contributed by atoms with E-state index < -0.39 is 0 Å². The van der Waals surface area contributed by atoms with Crippen molar-refractivity contribution in [3.05, 3.63) is 182 Å². The van der Waals surface area contributed by atoms with Crippen LogP contribution in [0.2, 0.25) is 0 Å². The Kier molecular flexibility index (Phi) is 6.82. The minimum Gasteiger partial charge on any atom is -0.254 e. The molecule has 7 aromatic carbocycles. The minimum atomic E-state index is 0.922. The number of hydrogen-bond donors (Lipinski definition) is 0. The van der Waals surface area contributed by atoms with Crippen molar-refractivity contribution in [2.24, 2.45) is 0 Å². The zero-order valence-corrected chi connectivity index (χ0v) is 29.1. The Morgan fingerprint density at radius 1 is 0.296 bits per heavy atom. The fraction of sp³-hybridized carbons (Fsp3) is 0. The smallest absolute Gasteiger partial charge is 0.0972 e. The van der Waals surface area contributed by atoms with Gasteiger partial charge in [0, 0.05) is 44.4 Å². The molecule has 0 aliphatic carbocycles. The van der Waals surface area contributed by atoms with Crippen molar-refractivity contribution in [2.45, 2.75) is 0 Å². The zero-order chi connectivity index (χ0) is 35.6. The maximum Gasteiger partial charge on any atom is 0.0972 e. The molecule has 0 radical (unpaired) electrons. The van der Waals surface area contributed by atoms with Crippen molar-refractivity contribution in [1.29, 1.82) is 0 Å². The molecule has 0 fully saturated rings. The first-order valence-electron chi connectivity index (χ1n) is 18.2. The Hall–Kier alpha value is -7.30. The number of rotatable bonds is 4. The minimum absolute atomic E-state index is 0.922. The van der Waals surface area contributed by atoms with Crippen molar-refractivity contribution < 1.29 is 0 Å². The highest BCUT2D eigenvalue weighted by Crippen LogP contribution is 2.36. The molecule has 0 bridgehead atoms. The number of fused-ring (bicyclic) bond motifs is 8. The summed E-state index contributed by atoms with van der Waals surface area (Å²) in [6.07, 6.45) is 1.83. The van der Waals surface area contributed by atoms with Crippen LogP contribution in [0, 0.1) is 0 Å². The van der Waals surface area contributed by atoms with Gasteiger partial charge < -0.3 is 0 Å². The first kappa shape index (κ1) is 30.3. The summed E-state index contributed by atoms with van der Waals surface area (Å²) in [7, 11) is 0. The third kappa shape index (κ3) is 5.07. The quantitative estimate of drug-likeness (QED) is 0.173. The van der Waals surface area contributed by atoms with Gasteiger partial charge in [0.05, 0.1) is 39.1 Å². The van der Waals surface area contributed by atoms with Crippen LogP contribution in [-0.4, -0.2) is 19.9 Å². The summed E-state index contributed by atoms with van der Waals surface area (Å²) in [5.41, 5.74) is 12.2. The molecule has 0 saturated carbocycles. The first-order valence-corrected chi connectivity index (χ1v) is 18.2. The highest BCUT2D eigenvalue weighted by molar-refractivity contribution is 6.13. The van der Waals surface area contributed by atoms with Crippen LogP contribution in [0.4, 0.5) is 0 Å². The number of aromatic nitrogens is 4. The Labute approximate surface area is 311 Å². The fourth-order valence-corrected chi connectivity index (χ4v) is 7.88. The molecule has 11 aromatic rings. The van der Waals surface area contributed by atoms with Gasteiger partial charge in [-0.1, -0.05) is 121 Å². The number of hydrogen-bond acceptors (Lipinski definition) is 4. The Morgan fingerprint density at radius 2 is 0.815 bits per heavy atom. The number of benzene rings is 7. The molecule has 4 heterocycles. The van der Waals surface area contributed by atoms with Crippen LogP contribution in [-0.2, 0) is 0 Å². The highest BCUT2D eigenvalue weighted by Gasteiger charge is 2.12. The Morgan fingerprint density at radius 3 is 1.54 bits per heavy atom. The van der Waals surface area contributed by atoms with E-state index in [9.17, 15) is 0 Å². The van der Waals surface area contributed by atoms with Crippen LogP contribution in [0.5, 0.6) is 0 Å². The molecule has 0 atom stereocenters. The second-order valence-electron chi connectivity index (χ2n) is 13.9. The van der Waals surface area contributed by atoms with Gasteiger partial charge in [-0.05, 0) is 87.3 Å². The van der Waals surface area contributed by atoms with Crippen LogP contribution >= 0.6 is 0 Å². The molecule has 0 spiro atoms. The summed E-state index contributed by atoms with van der Waals surface area (Å²) in [5, 5.41) is 9.35. The lowest BCUT2D eigenvalue weighted by Crippen LogP contribution is -1.90. The lowest BCUT2D eigenvalue weighted by Gasteiger charge is -2.12. The van der Waals surface area contributed by atoms with Gasteiger partial charge in [-0.15, -0.1) is 0 Å². The summed E-state index contributed by atoms with van der Waals surface area (Å²) in [6.45, 7) is 0. The molecular formula is C50H30N4. The van der Waals surface area contributed by atoms with Gasteiger partial charge in [-0.2, -0.15) is 0 Å². The normalized spacial score (nSPS) is 11.7. The molecule has 4 heteroatoms. The number of nitrogens with zero attached hydrogens (tertiary/aromatic N) is 4. The lowest BCUT2D eigenvalue weighted by atomic mass is 9.95. The van der Waals surface area contributed by atoms with Gasteiger partial charge >= 0.3 is 0 Å². The Bertz CT molecular complexity index is 3280. The summed E-state index contributed by atoms with van der Waals surface area (Å²) in [5.74, 6) is 0. The summed E-state index contributed by atoms with van der Waals surface area (Å²) in [6, 6.07) is 62.1. The lowest BCUT2D eigenvalue weighted by molar-refractivity contribution is 1.36. The van der Waals surface area contributed by atoms with E-state index in [1.807, 2.05) is 12.3 Å². The van der Waals surface area contributed by atoms with Crippen molar-refractivity contribution in [3.63, 3.8) is 0 Å². The molecule has 4 aromatic heterocycles. The third-order valence-electron chi connectivity index (χ3n) is 10.7. The van der Waals surface area contributed by atoms with E-state index in [-0.39, 0.29) is 0 Å². The Balaban J connectivity index is 0.879. The van der Waals surface area contributed by atoms with Gasteiger partial charge in [0.15, 0.2) is 0 Å². The number of pyridine rings is 4. The highest BCUT2D eigenvalue weighted by atomic mass is 14.8. The van der Waals surface area contributed by atoms with E-state index in [2.05, 4.69) is 175 Å². The summed E-state index contributed by atoms with van der Waals surface area (Å²) >= 11 is 0. The van der Waals surface area contributed by atoms with E-state index in [1.165, 1.54) is 21.5 Å². The largest absolute Gasteiger partial charge is 0.254 e. The van der Waals surface area contributed by atoms with Crippen molar-refractivity contribution in [3.8, 4) is 44.9 Å². The molecule has 11 rings (SSSR count). The van der Waals surface area contributed by atoms with E-state index in [0.717, 1.165) is 88.5 Å². The van der Waals surface area contributed by atoms with Gasteiger partial charge in [-0.25, -0.2) is 15.0 Å². The van der Waals surface area contributed by atoms with Gasteiger partial charge in [0.2, 0.25) is 0 Å². The topological polar surface area (TPSA) is 51.6 Å². The van der Waals surface area contributed by atoms with Crippen LogP contribution in [0.3, 0.4) is 0 Å². The molecule has 0 N–H and O–H groups in total. The van der Waals surface area contributed by atoms with E-state index >= 15 is 0 Å². The first-order chi connectivity index (χ1) is 26.7. The van der Waals surface area contributed by atoms with Crippen molar-refractivity contribution in [2.75, 3.05) is 0 Å². The van der Waals surface area contributed by atoms with E-state index in [4.69, 9.17) is 15.0 Å². The average molecular weight is 687 g/mol.